The second-order valence-electron chi connectivity index (χ2n) is 6.82. The monoisotopic (exact) mass is 438 g/mol. The number of benzene rings is 1. The molecule has 0 radical (unpaired) electrons. The standard InChI is InChI=1S/C20H20ClFN2O6/c1-29-19(26)14-3-2-6-23(18(14)25)10-13-11-24(20(27)28)7-8-30-17(13)12-4-5-15(21)16(22)9-12/h2-6,9,13,17H,7-8,10-11H2,1H3,(H,27,28)/t13-,17-/m0/s1. The maximum atomic E-state index is 14.0. The van der Waals surface area contributed by atoms with Crippen molar-refractivity contribution < 1.29 is 28.6 Å². The Kier molecular flexibility index (Phi) is 6.73. The number of methoxy groups -OCH3 is 1. The van der Waals surface area contributed by atoms with E-state index in [4.69, 9.17) is 16.3 Å². The Hall–Kier alpha value is -2.91. The number of hydrogen-bond acceptors (Lipinski definition) is 5. The predicted molar refractivity (Wildman–Crippen MR) is 105 cm³/mol. The first-order valence-corrected chi connectivity index (χ1v) is 9.51. The minimum Gasteiger partial charge on any atom is -0.465 e. The van der Waals surface area contributed by atoms with Gasteiger partial charge in [0.2, 0.25) is 0 Å². The second kappa shape index (κ2) is 9.27. The first-order chi connectivity index (χ1) is 14.3. The van der Waals surface area contributed by atoms with Crippen LogP contribution in [0.5, 0.6) is 0 Å². The molecule has 0 saturated carbocycles. The Morgan fingerprint density at radius 3 is 2.80 bits per heavy atom. The summed E-state index contributed by atoms with van der Waals surface area (Å²) in [6, 6.07) is 7.12. The van der Waals surface area contributed by atoms with E-state index in [1.54, 1.807) is 6.07 Å². The zero-order valence-corrected chi connectivity index (χ0v) is 16.8. The number of halogens is 2. The van der Waals surface area contributed by atoms with Gasteiger partial charge in [-0.15, -0.1) is 0 Å². The van der Waals surface area contributed by atoms with Crippen LogP contribution in [0.2, 0.25) is 5.02 Å². The SMILES string of the molecule is COC(=O)c1cccn(C[C@H]2CN(C(=O)O)CCO[C@H]2c2ccc(Cl)c(F)c2)c1=O. The lowest BCUT2D eigenvalue weighted by Gasteiger charge is -2.27. The molecule has 0 unspecified atom stereocenters. The van der Waals surface area contributed by atoms with Gasteiger partial charge in [0.15, 0.2) is 0 Å². The molecule has 2 heterocycles. The van der Waals surface area contributed by atoms with E-state index >= 15 is 0 Å². The molecule has 160 valence electrons. The van der Waals surface area contributed by atoms with Crippen LogP contribution in [0, 0.1) is 11.7 Å². The number of amides is 1. The highest BCUT2D eigenvalue weighted by Gasteiger charge is 2.32. The first-order valence-electron chi connectivity index (χ1n) is 9.14. The van der Waals surface area contributed by atoms with Crippen molar-refractivity contribution in [1.82, 2.24) is 9.47 Å². The van der Waals surface area contributed by atoms with Crippen LogP contribution in [0.15, 0.2) is 41.3 Å². The molecule has 1 amide bonds. The third-order valence-electron chi connectivity index (χ3n) is 4.94. The Morgan fingerprint density at radius 2 is 2.13 bits per heavy atom. The summed E-state index contributed by atoms with van der Waals surface area (Å²) < 4.78 is 25.8. The van der Waals surface area contributed by atoms with Crippen molar-refractivity contribution in [1.29, 1.82) is 0 Å². The molecule has 0 bridgehead atoms. The number of aromatic nitrogens is 1. The molecule has 10 heteroatoms. The van der Waals surface area contributed by atoms with Crippen molar-refractivity contribution in [3.05, 3.63) is 68.8 Å². The van der Waals surface area contributed by atoms with Crippen LogP contribution in [-0.4, -0.2) is 53.4 Å². The highest BCUT2D eigenvalue weighted by molar-refractivity contribution is 6.30. The van der Waals surface area contributed by atoms with Gasteiger partial charge in [-0.3, -0.25) is 4.79 Å². The Morgan fingerprint density at radius 1 is 1.37 bits per heavy atom. The van der Waals surface area contributed by atoms with Gasteiger partial charge in [0.25, 0.3) is 5.56 Å². The summed E-state index contributed by atoms with van der Waals surface area (Å²) in [5.41, 5.74) is -0.235. The molecule has 30 heavy (non-hydrogen) atoms. The molecule has 1 fully saturated rings. The summed E-state index contributed by atoms with van der Waals surface area (Å²) in [5.74, 6) is -1.93. The van der Waals surface area contributed by atoms with Crippen LogP contribution in [0.25, 0.3) is 0 Å². The van der Waals surface area contributed by atoms with Gasteiger partial charge in [-0.1, -0.05) is 17.7 Å². The van der Waals surface area contributed by atoms with E-state index in [0.29, 0.717) is 5.56 Å². The normalized spacial score (nSPS) is 19.2. The maximum Gasteiger partial charge on any atom is 0.407 e. The van der Waals surface area contributed by atoms with Crippen molar-refractivity contribution in [3.8, 4) is 0 Å². The molecule has 1 aliphatic heterocycles. The van der Waals surface area contributed by atoms with Crippen LogP contribution in [0.4, 0.5) is 9.18 Å². The van der Waals surface area contributed by atoms with Crippen molar-refractivity contribution in [2.24, 2.45) is 5.92 Å². The van der Waals surface area contributed by atoms with Gasteiger partial charge in [0.05, 0.1) is 24.8 Å². The minimum absolute atomic E-state index is 0.0434. The number of rotatable bonds is 4. The molecule has 8 nitrogen and oxygen atoms in total. The lowest BCUT2D eigenvalue weighted by Crippen LogP contribution is -2.38. The lowest BCUT2D eigenvalue weighted by molar-refractivity contribution is 0.0248. The van der Waals surface area contributed by atoms with Crippen molar-refractivity contribution >= 4 is 23.7 Å². The highest BCUT2D eigenvalue weighted by atomic mass is 35.5. The fraction of sp³-hybridized carbons (Fsp3) is 0.350. The first kappa shape index (κ1) is 21.8. The van der Waals surface area contributed by atoms with Gasteiger partial charge in [-0.05, 0) is 29.8 Å². The number of esters is 1. The summed E-state index contributed by atoms with van der Waals surface area (Å²) in [4.78, 5) is 37.3. The molecule has 1 aliphatic rings. The molecule has 2 atom stereocenters. The highest BCUT2D eigenvalue weighted by Crippen LogP contribution is 2.32. The predicted octanol–water partition coefficient (Wildman–Crippen LogP) is 2.80. The average Bonchev–Trinajstić information content (AvgIpc) is 2.94. The fourth-order valence-electron chi connectivity index (χ4n) is 3.48. The summed E-state index contributed by atoms with van der Waals surface area (Å²) >= 11 is 5.77. The molecule has 0 aliphatic carbocycles. The smallest absolute Gasteiger partial charge is 0.407 e. The van der Waals surface area contributed by atoms with Gasteiger partial charge in [-0.2, -0.15) is 0 Å². The van der Waals surface area contributed by atoms with Crippen molar-refractivity contribution in [2.75, 3.05) is 26.8 Å². The number of carboxylic acid groups (broad SMARTS) is 1. The zero-order valence-electron chi connectivity index (χ0n) is 16.1. The number of carbonyl (C=O) groups is 2. The fourth-order valence-corrected chi connectivity index (χ4v) is 3.60. The number of hydrogen-bond donors (Lipinski definition) is 1. The van der Waals surface area contributed by atoms with Crippen molar-refractivity contribution in [3.63, 3.8) is 0 Å². The number of nitrogens with zero attached hydrogens (tertiary/aromatic N) is 2. The molecular formula is C20H20ClFN2O6. The quantitative estimate of drug-likeness (QED) is 0.737. The minimum atomic E-state index is -1.12. The van der Waals surface area contributed by atoms with Gasteiger partial charge in [-0.25, -0.2) is 14.0 Å². The summed E-state index contributed by atoms with van der Waals surface area (Å²) in [7, 11) is 1.17. The summed E-state index contributed by atoms with van der Waals surface area (Å²) in [5, 5.41) is 9.41. The topological polar surface area (TPSA) is 98.1 Å². The van der Waals surface area contributed by atoms with E-state index in [0.717, 1.165) is 0 Å². The van der Waals surface area contributed by atoms with Crippen LogP contribution >= 0.6 is 11.6 Å². The number of pyridine rings is 1. The van der Waals surface area contributed by atoms with E-state index in [9.17, 15) is 23.9 Å². The van der Waals surface area contributed by atoms with Gasteiger partial charge < -0.3 is 24.0 Å². The number of ether oxygens (including phenoxy) is 2. The van der Waals surface area contributed by atoms with Crippen molar-refractivity contribution in [2.45, 2.75) is 12.6 Å². The lowest BCUT2D eigenvalue weighted by atomic mass is 9.94. The maximum absolute atomic E-state index is 14.0. The van der Waals surface area contributed by atoms with Crippen LogP contribution in [0.3, 0.4) is 0 Å². The zero-order chi connectivity index (χ0) is 21.8. The Bertz CT molecular complexity index is 1010. The Labute approximate surface area is 176 Å². The molecule has 1 N–H and O–H groups in total. The summed E-state index contributed by atoms with van der Waals surface area (Å²) in [6.07, 6.45) is -0.318. The van der Waals surface area contributed by atoms with E-state index in [1.165, 1.54) is 47.0 Å². The van der Waals surface area contributed by atoms with E-state index in [1.807, 2.05) is 0 Å². The molecule has 3 rings (SSSR count). The van der Waals surface area contributed by atoms with E-state index in [-0.39, 0.29) is 36.8 Å². The van der Waals surface area contributed by atoms with E-state index in [2.05, 4.69) is 4.74 Å². The third-order valence-corrected chi connectivity index (χ3v) is 5.25. The van der Waals surface area contributed by atoms with Gasteiger partial charge in [0, 0.05) is 31.7 Å². The largest absolute Gasteiger partial charge is 0.465 e. The molecule has 0 spiro atoms. The molecule has 1 aromatic carbocycles. The molecule has 2 aromatic rings. The average molecular weight is 439 g/mol. The molecule has 1 saturated heterocycles. The summed E-state index contributed by atoms with van der Waals surface area (Å²) in [6.45, 7) is 0.339. The molecule has 1 aromatic heterocycles. The Balaban J connectivity index is 1.99. The van der Waals surface area contributed by atoms with E-state index < -0.39 is 35.5 Å². The van der Waals surface area contributed by atoms with Crippen LogP contribution in [-0.2, 0) is 16.0 Å². The number of carbonyl (C=O) groups excluding carboxylic acids is 1. The van der Waals surface area contributed by atoms with Crippen LogP contribution in [0.1, 0.15) is 22.0 Å². The van der Waals surface area contributed by atoms with Gasteiger partial charge in [0.1, 0.15) is 11.4 Å². The van der Waals surface area contributed by atoms with Gasteiger partial charge >= 0.3 is 12.1 Å². The van der Waals surface area contributed by atoms with Crippen LogP contribution < -0.4 is 5.56 Å². The second-order valence-corrected chi connectivity index (χ2v) is 7.23. The molecular weight excluding hydrogens is 419 g/mol. The third kappa shape index (κ3) is 4.63.